The second kappa shape index (κ2) is 3.71. The van der Waals surface area contributed by atoms with Crippen molar-refractivity contribution in [2.75, 3.05) is 7.05 Å². The molecule has 3 nitrogen and oxygen atoms in total. The molecule has 1 unspecified atom stereocenters. The number of hydrogen-bond donors (Lipinski definition) is 1. The molecule has 0 radical (unpaired) electrons. The maximum absolute atomic E-state index is 12.1. The largest absolute Gasteiger partial charge is 0.313 e. The highest BCUT2D eigenvalue weighted by Crippen LogP contribution is 2.36. The summed E-state index contributed by atoms with van der Waals surface area (Å²) in [5.41, 5.74) is 1.64. The van der Waals surface area contributed by atoms with E-state index in [-0.39, 0.29) is 6.04 Å². The Morgan fingerprint density at radius 2 is 2.00 bits per heavy atom. The lowest BCUT2D eigenvalue weighted by atomic mass is 10.0. The van der Waals surface area contributed by atoms with E-state index in [2.05, 4.69) is 5.32 Å². The predicted octanol–water partition coefficient (Wildman–Crippen LogP) is 2.12. The Kier molecular flexibility index (Phi) is 2.64. The van der Waals surface area contributed by atoms with Gasteiger partial charge >= 0.3 is 0 Å². The zero-order valence-corrected chi connectivity index (χ0v) is 10.4. The summed E-state index contributed by atoms with van der Waals surface area (Å²) in [4.78, 5) is 0.896. The van der Waals surface area contributed by atoms with Crippen molar-refractivity contribution in [3.8, 4) is 0 Å². The molecule has 0 aromatic heterocycles. The number of hydrogen-bond acceptors (Lipinski definition) is 3. The van der Waals surface area contributed by atoms with Gasteiger partial charge in [0.05, 0.1) is 4.90 Å². The Morgan fingerprint density at radius 1 is 1.31 bits per heavy atom. The van der Waals surface area contributed by atoms with E-state index < -0.39 is 9.84 Å². The summed E-state index contributed by atoms with van der Waals surface area (Å²) < 4.78 is 24.3. The molecule has 1 aromatic rings. The van der Waals surface area contributed by atoms with Crippen molar-refractivity contribution in [2.45, 2.75) is 24.8 Å². The van der Waals surface area contributed by atoms with E-state index in [1.165, 1.54) is 0 Å². The van der Waals surface area contributed by atoms with Crippen molar-refractivity contribution >= 4 is 15.9 Å². The molecule has 0 aliphatic carbocycles. The van der Waals surface area contributed by atoms with Crippen molar-refractivity contribution in [3.63, 3.8) is 0 Å². The SMILES string of the molecule is CNC(C)c1cccc2c1S(=O)(=O)C(C)=C2. The lowest BCUT2D eigenvalue weighted by Crippen LogP contribution is -2.15. The normalized spacial score (nSPS) is 19.1. The van der Waals surface area contributed by atoms with Gasteiger partial charge in [-0.15, -0.1) is 0 Å². The highest BCUT2D eigenvalue weighted by atomic mass is 32.2. The van der Waals surface area contributed by atoms with Crippen molar-refractivity contribution in [1.82, 2.24) is 5.32 Å². The number of sulfone groups is 1. The van der Waals surface area contributed by atoms with Crippen molar-refractivity contribution < 1.29 is 8.42 Å². The summed E-state index contributed by atoms with van der Waals surface area (Å²) in [6.07, 6.45) is 1.73. The standard InChI is InChI=1S/C12H15NO2S/c1-8-7-10-5-4-6-11(9(2)13-3)12(10)16(8,14)15/h4-7,9,13H,1-3H3. The van der Waals surface area contributed by atoms with E-state index in [4.69, 9.17) is 0 Å². The van der Waals surface area contributed by atoms with Crippen LogP contribution in [-0.4, -0.2) is 15.5 Å². The third-order valence-corrected chi connectivity index (χ3v) is 5.00. The first-order valence-electron chi connectivity index (χ1n) is 5.22. The summed E-state index contributed by atoms with van der Waals surface area (Å²) >= 11 is 0. The smallest absolute Gasteiger partial charge is 0.203 e. The fourth-order valence-corrected chi connectivity index (χ4v) is 3.55. The lowest BCUT2D eigenvalue weighted by Gasteiger charge is -2.14. The Bertz CT molecular complexity index is 558. The Balaban J connectivity index is 2.71. The number of nitrogens with one attached hydrogen (secondary N) is 1. The van der Waals surface area contributed by atoms with Crippen LogP contribution in [0.1, 0.15) is 31.0 Å². The molecule has 1 atom stereocenters. The van der Waals surface area contributed by atoms with E-state index in [1.54, 1.807) is 13.0 Å². The van der Waals surface area contributed by atoms with Gasteiger partial charge in [0.25, 0.3) is 0 Å². The zero-order chi connectivity index (χ0) is 11.9. The van der Waals surface area contributed by atoms with E-state index in [0.717, 1.165) is 11.1 Å². The Morgan fingerprint density at radius 3 is 2.62 bits per heavy atom. The van der Waals surface area contributed by atoms with Crippen molar-refractivity contribution in [2.24, 2.45) is 0 Å². The van der Waals surface area contributed by atoms with Gasteiger partial charge in [-0.1, -0.05) is 18.2 Å². The second-order valence-electron chi connectivity index (χ2n) is 4.03. The van der Waals surface area contributed by atoms with Crippen LogP contribution >= 0.6 is 0 Å². The molecule has 1 aliphatic heterocycles. The molecule has 0 saturated carbocycles. The average Bonchev–Trinajstić information content (AvgIpc) is 2.49. The van der Waals surface area contributed by atoms with Crippen LogP contribution in [0.4, 0.5) is 0 Å². The minimum Gasteiger partial charge on any atom is -0.313 e. The van der Waals surface area contributed by atoms with Crippen LogP contribution < -0.4 is 5.32 Å². The quantitative estimate of drug-likeness (QED) is 0.857. The fraction of sp³-hybridized carbons (Fsp3) is 0.333. The van der Waals surface area contributed by atoms with E-state index >= 15 is 0 Å². The van der Waals surface area contributed by atoms with Gasteiger partial charge in [-0.05, 0) is 38.1 Å². The molecular formula is C12H15NO2S. The van der Waals surface area contributed by atoms with Crippen LogP contribution in [-0.2, 0) is 9.84 Å². The van der Waals surface area contributed by atoms with Crippen LogP contribution in [0.3, 0.4) is 0 Å². The topological polar surface area (TPSA) is 46.2 Å². The minimum absolute atomic E-state index is 0.0315. The number of allylic oxidation sites excluding steroid dienone is 1. The molecule has 0 spiro atoms. The van der Waals surface area contributed by atoms with Crippen LogP contribution in [0.5, 0.6) is 0 Å². The van der Waals surface area contributed by atoms with Crippen molar-refractivity contribution in [3.05, 3.63) is 34.2 Å². The van der Waals surface area contributed by atoms with Crippen LogP contribution in [0.15, 0.2) is 28.0 Å². The van der Waals surface area contributed by atoms with Crippen LogP contribution in [0, 0.1) is 0 Å². The monoisotopic (exact) mass is 237 g/mol. The number of benzene rings is 1. The molecule has 0 fully saturated rings. The van der Waals surface area contributed by atoms with E-state index in [1.807, 2.05) is 32.2 Å². The first kappa shape index (κ1) is 11.4. The third kappa shape index (κ3) is 1.49. The van der Waals surface area contributed by atoms with Gasteiger partial charge in [0.15, 0.2) is 0 Å². The van der Waals surface area contributed by atoms with Crippen LogP contribution in [0.25, 0.3) is 6.08 Å². The van der Waals surface area contributed by atoms with Crippen molar-refractivity contribution in [1.29, 1.82) is 0 Å². The first-order chi connectivity index (χ1) is 7.48. The first-order valence-corrected chi connectivity index (χ1v) is 6.70. The van der Waals surface area contributed by atoms with Gasteiger partial charge in [-0.2, -0.15) is 0 Å². The summed E-state index contributed by atoms with van der Waals surface area (Å²) in [5, 5.41) is 3.08. The Labute approximate surface area is 96.1 Å². The maximum atomic E-state index is 12.1. The summed E-state index contributed by atoms with van der Waals surface area (Å²) in [6.45, 7) is 3.60. The molecule has 1 heterocycles. The summed E-state index contributed by atoms with van der Waals surface area (Å²) in [6, 6.07) is 5.63. The molecule has 2 rings (SSSR count). The highest BCUT2D eigenvalue weighted by Gasteiger charge is 2.30. The Hall–Kier alpha value is -1.13. The van der Waals surface area contributed by atoms with Gasteiger partial charge in [0.1, 0.15) is 0 Å². The molecule has 1 aromatic carbocycles. The molecular weight excluding hydrogens is 222 g/mol. The fourth-order valence-electron chi connectivity index (χ4n) is 1.95. The van der Waals surface area contributed by atoms with Gasteiger partial charge < -0.3 is 5.32 Å². The average molecular weight is 237 g/mol. The summed E-state index contributed by atoms with van der Waals surface area (Å²) in [7, 11) is -1.42. The lowest BCUT2D eigenvalue weighted by molar-refractivity contribution is 0.594. The maximum Gasteiger partial charge on any atom is 0.203 e. The molecule has 1 N–H and O–H groups in total. The van der Waals surface area contributed by atoms with Crippen LogP contribution in [0.2, 0.25) is 0 Å². The van der Waals surface area contributed by atoms with Gasteiger partial charge in [-0.3, -0.25) is 0 Å². The van der Waals surface area contributed by atoms with E-state index in [9.17, 15) is 8.42 Å². The molecule has 1 aliphatic rings. The molecule has 0 amide bonds. The predicted molar refractivity (Wildman–Crippen MR) is 64.8 cm³/mol. The molecule has 86 valence electrons. The molecule has 16 heavy (non-hydrogen) atoms. The molecule has 4 heteroatoms. The molecule has 0 bridgehead atoms. The third-order valence-electron chi connectivity index (χ3n) is 3.03. The van der Waals surface area contributed by atoms with Gasteiger partial charge in [0, 0.05) is 10.9 Å². The highest BCUT2D eigenvalue weighted by molar-refractivity contribution is 7.95. The van der Waals surface area contributed by atoms with Gasteiger partial charge in [0.2, 0.25) is 9.84 Å². The van der Waals surface area contributed by atoms with E-state index in [0.29, 0.717) is 9.80 Å². The zero-order valence-electron chi connectivity index (χ0n) is 9.61. The molecule has 0 saturated heterocycles. The summed E-state index contributed by atoms with van der Waals surface area (Å²) in [5.74, 6) is 0. The second-order valence-corrected chi connectivity index (χ2v) is 6.09. The van der Waals surface area contributed by atoms with Gasteiger partial charge in [-0.25, -0.2) is 8.42 Å². The number of fused-ring (bicyclic) bond motifs is 1. The minimum atomic E-state index is -3.25. The number of rotatable bonds is 2.